The number of hydrogen-bond donors (Lipinski definition) is 0. The molecular formula is C15H20ClNO2. The van der Waals surface area contributed by atoms with Crippen molar-refractivity contribution in [3.05, 3.63) is 29.3 Å². The van der Waals surface area contributed by atoms with Crippen molar-refractivity contribution >= 4 is 17.5 Å². The number of amides is 1. The third-order valence-corrected chi connectivity index (χ3v) is 3.72. The van der Waals surface area contributed by atoms with Gasteiger partial charge in [-0.25, -0.2) is 0 Å². The number of carbonyl (C=O) groups is 1. The third kappa shape index (κ3) is 3.87. The SMILES string of the molecule is C[C@H](Oc1ccccc1Cl)C(=O)N1CCCCCC1. The molecular weight excluding hydrogens is 262 g/mol. The monoisotopic (exact) mass is 281 g/mol. The molecule has 1 amide bonds. The molecule has 0 unspecified atom stereocenters. The minimum Gasteiger partial charge on any atom is -0.479 e. The average Bonchev–Trinajstić information content (AvgIpc) is 2.69. The van der Waals surface area contributed by atoms with Crippen molar-refractivity contribution < 1.29 is 9.53 Å². The summed E-state index contributed by atoms with van der Waals surface area (Å²) in [5.74, 6) is 0.627. The van der Waals surface area contributed by atoms with Gasteiger partial charge in [-0.1, -0.05) is 36.6 Å². The molecule has 0 spiro atoms. The lowest BCUT2D eigenvalue weighted by atomic mass is 10.2. The van der Waals surface area contributed by atoms with Crippen molar-refractivity contribution in [3.8, 4) is 5.75 Å². The maximum Gasteiger partial charge on any atom is 0.263 e. The quantitative estimate of drug-likeness (QED) is 0.848. The second-order valence-corrected chi connectivity index (χ2v) is 5.34. The summed E-state index contributed by atoms with van der Waals surface area (Å²) in [5, 5.41) is 0.540. The highest BCUT2D eigenvalue weighted by atomic mass is 35.5. The predicted octanol–water partition coefficient (Wildman–Crippen LogP) is 3.51. The fourth-order valence-corrected chi connectivity index (χ4v) is 2.51. The van der Waals surface area contributed by atoms with E-state index in [4.69, 9.17) is 16.3 Å². The second-order valence-electron chi connectivity index (χ2n) is 4.93. The highest BCUT2D eigenvalue weighted by Crippen LogP contribution is 2.24. The van der Waals surface area contributed by atoms with E-state index in [9.17, 15) is 4.79 Å². The van der Waals surface area contributed by atoms with E-state index in [0.717, 1.165) is 25.9 Å². The lowest BCUT2D eigenvalue weighted by Gasteiger charge is -2.24. The first kappa shape index (κ1) is 14.2. The lowest BCUT2D eigenvalue weighted by molar-refractivity contribution is -0.137. The molecule has 1 aromatic rings. The van der Waals surface area contributed by atoms with E-state index in [2.05, 4.69) is 0 Å². The van der Waals surface area contributed by atoms with Crippen molar-refractivity contribution in [2.45, 2.75) is 38.7 Å². The number of likely N-dealkylation sites (tertiary alicyclic amines) is 1. The number of halogens is 1. The predicted molar refractivity (Wildman–Crippen MR) is 76.6 cm³/mol. The van der Waals surface area contributed by atoms with Crippen LogP contribution in [0.2, 0.25) is 5.02 Å². The molecule has 1 atom stereocenters. The Bertz CT molecular complexity index is 428. The molecule has 3 nitrogen and oxygen atoms in total. The van der Waals surface area contributed by atoms with Crippen LogP contribution in [0, 0.1) is 0 Å². The lowest BCUT2D eigenvalue weighted by Crippen LogP contribution is -2.41. The van der Waals surface area contributed by atoms with E-state index in [1.165, 1.54) is 12.8 Å². The summed E-state index contributed by atoms with van der Waals surface area (Å²) in [6.07, 6.45) is 4.11. The zero-order valence-corrected chi connectivity index (χ0v) is 12.0. The molecule has 2 rings (SSSR count). The maximum atomic E-state index is 12.3. The van der Waals surface area contributed by atoms with Gasteiger partial charge in [-0.3, -0.25) is 4.79 Å². The molecule has 1 fully saturated rings. The Morgan fingerprint density at radius 1 is 1.21 bits per heavy atom. The van der Waals surface area contributed by atoms with E-state index >= 15 is 0 Å². The Morgan fingerprint density at radius 2 is 1.84 bits per heavy atom. The van der Waals surface area contributed by atoms with E-state index in [0.29, 0.717) is 10.8 Å². The Morgan fingerprint density at radius 3 is 2.47 bits per heavy atom. The van der Waals surface area contributed by atoms with Crippen LogP contribution in [0.25, 0.3) is 0 Å². The minimum atomic E-state index is -0.488. The van der Waals surface area contributed by atoms with Crippen LogP contribution in [0.5, 0.6) is 5.75 Å². The third-order valence-electron chi connectivity index (χ3n) is 3.41. The summed E-state index contributed by atoms with van der Waals surface area (Å²) < 4.78 is 5.68. The highest BCUT2D eigenvalue weighted by molar-refractivity contribution is 6.32. The molecule has 4 heteroatoms. The maximum absolute atomic E-state index is 12.3. The molecule has 1 heterocycles. The molecule has 0 aliphatic carbocycles. The topological polar surface area (TPSA) is 29.5 Å². The number of carbonyl (C=O) groups excluding carboxylic acids is 1. The van der Waals surface area contributed by atoms with E-state index in [1.807, 2.05) is 17.0 Å². The van der Waals surface area contributed by atoms with E-state index in [-0.39, 0.29) is 5.91 Å². The van der Waals surface area contributed by atoms with Gasteiger partial charge in [-0.15, -0.1) is 0 Å². The summed E-state index contributed by atoms with van der Waals surface area (Å²) in [4.78, 5) is 14.2. The smallest absolute Gasteiger partial charge is 0.263 e. The van der Waals surface area contributed by atoms with Gasteiger partial charge in [0.15, 0.2) is 6.10 Å². The summed E-state index contributed by atoms with van der Waals surface area (Å²) in [6, 6.07) is 7.25. The molecule has 0 bridgehead atoms. The van der Waals surface area contributed by atoms with Gasteiger partial charge in [0.1, 0.15) is 5.75 Å². The van der Waals surface area contributed by atoms with Crippen LogP contribution in [0.1, 0.15) is 32.6 Å². The van der Waals surface area contributed by atoms with Crippen molar-refractivity contribution in [2.24, 2.45) is 0 Å². The zero-order valence-electron chi connectivity index (χ0n) is 11.3. The molecule has 0 N–H and O–H groups in total. The van der Waals surface area contributed by atoms with Gasteiger partial charge < -0.3 is 9.64 Å². The first-order valence-electron chi connectivity index (χ1n) is 6.88. The average molecular weight is 282 g/mol. The zero-order chi connectivity index (χ0) is 13.7. The van der Waals surface area contributed by atoms with Gasteiger partial charge in [0.2, 0.25) is 0 Å². The first-order valence-corrected chi connectivity index (χ1v) is 7.26. The van der Waals surface area contributed by atoms with Crippen LogP contribution in [-0.4, -0.2) is 30.0 Å². The standard InChI is InChI=1S/C15H20ClNO2/c1-12(19-14-9-5-4-8-13(14)16)15(18)17-10-6-2-3-7-11-17/h4-5,8-9,12H,2-3,6-7,10-11H2,1H3/t12-/m0/s1. The van der Waals surface area contributed by atoms with E-state index in [1.54, 1.807) is 19.1 Å². The van der Waals surface area contributed by atoms with Gasteiger partial charge >= 0.3 is 0 Å². The molecule has 0 aromatic heterocycles. The van der Waals surface area contributed by atoms with Crippen LogP contribution in [0.3, 0.4) is 0 Å². The Balaban J connectivity index is 1.97. The molecule has 1 aliphatic heterocycles. The summed E-state index contributed by atoms with van der Waals surface area (Å²) in [5.41, 5.74) is 0. The summed E-state index contributed by atoms with van der Waals surface area (Å²) in [7, 11) is 0. The van der Waals surface area contributed by atoms with Crippen LogP contribution < -0.4 is 4.74 Å². The normalized spacial score (nSPS) is 17.7. The number of nitrogens with zero attached hydrogens (tertiary/aromatic N) is 1. The van der Waals surface area contributed by atoms with Gasteiger partial charge in [-0.2, -0.15) is 0 Å². The fraction of sp³-hybridized carbons (Fsp3) is 0.533. The Labute approximate surface area is 119 Å². The van der Waals surface area contributed by atoms with Gasteiger partial charge in [0, 0.05) is 13.1 Å². The molecule has 1 saturated heterocycles. The summed E-state index contributed by atoms with van der Waals surface area (Å²) in [6.45, 7) is 3.47. The minimum absolute atomic E-state index is 0.0572. The Hall–Kier alpha value is -1.22. The number of hydrogen-bond acceptors (Lipinski definition) is 2. The van der Waals surface area contributed by atoms with Crippen molar-refractivity contribution in [2.75, 3.05) is 13.1 Å². The summed E-state index contributed by atoms with van der Waals surface area (Å²) >= 11 is 6.03. The van der Waals surface area contributed by atoms with Crippen LogP contribution in [0.15, 0.2) is 24.3 Å². The van der Waals surface area contributed by atoms with Crippen LogP contribution in [-0.2, 0) is 4.79 Å². The van der Waals surface area contributed by atoms with Crippen LogP contribution >= 0.6 is 11.6 Å². The number of rotatable bonds is 3. The second kappa shape index (κ2) is 6.80. The largest absolute Gasteiger partial charge is 0.479 e. The van der Waals surface area contributed by atoms with Crippen molar-refractivity contribution in [3.63, 3.8) is 0 Å². The molecule has 0 saturated carbocycles. The highest BCUT2D eigenvalue weighted by Gasteiger charge is 2.23. The van der Waals surface area contributed by atoms with E-state index < -0.39 is 6.10 Å². The number of para-hydroxylation sites is 1. The van der Waals surface area contributed by atoms with Crippen molar-refractivity contribution in [1.82, 2.24) is 4.90 Å². The Kier molecular flexibility index (Phi) is 5.08. The molecule has 0 radical (unpaired) electrons. The fourth-order valence-electron chi connectivity index (χ4n) is 2.33. The van der Waals surface area contributed by atoms with Crippen molar-refractivity contribution in [1.29, 1.82) is 0 Å². The molecule has 1 aromatic carbocycles. The first-order chi connectivity index (χ1) is 9.18. The van der Waals surface area contributed by atoms with Gasteiger partial charge in [0.25, 0.3) is 5.91 Å². The number of benzene rings is 1. The molecule has 104 valence electrons. The van der Waals surface area contributed by atoms with Gasteiger partial charge in [0.05, 0.1) is 5.02 Å². The number of ether oxygens (including phenoxy) is 1. The molecule has 1 aliphatic rings. The van der Waals surface area contributed by atoms with Gasteiger partial charge in [-0.05, 0) is 31.9 Å². The van der Waals surface area contributed by atoms with Crippen LogP contribution in [0.4, 0.5) is 0 Å². The molecule has 19 heavy (non-hydrogen) atoms.